The zero-order chi connectivity index (χ0) is 18.1. The maximum Gasteiger partial charge on any atom is 0.266 e. The lowest BCUT2D eigenvalue weighted by atomic mass is 10.1. The van der Waals surface area contributed by atoms with Gasteiger partial charge in [0, 0.05) is 18.5 Å². The van der Waals surface area contributed by atoms with Crippen LogP contribution in [0.1, 0.15) is 26.3 Å². The summed E-state index contributed by atoms with van der Waals surface area (Å²) >= 11 is 0. The van der Waals surface area contributed by atoms with Gasteiger partial charge in [-0.05, 0) is 42.0 Å². The van der Waals surface area contributed by atoms with Crippen LogP contribution in [0.15, 0.2) is 67.0 Å². The molecule has 6 heteroatoms. The molecule has 0 saturated heterocycles. The molecule has 2 aromatic carbocycles. The van der Waals surface area contributed by atoms with Crippen LogP contribution >= 0.6 is 0 Å². The highest BCUT2D eigenvalue weighted by Crippen LogP contribution is 2.35. The van der Waals surface area contributed by atoms with Gasteiger partial charge in [0.15, 0.2) is 0 Å². The summed E-state index contributed by atoms with van der Waals surface area (Å²) in [6.07, 6.45) is 3.27. The topological polar surface area (TPSA) is 59.5 Å². The smallest absolute Gasteiger partial charge is 0.266 e. The van der Waals surface area contributed by atoms with Crippen molar-refractivity contribution in [1.29, 1.82) is 0 Å². The second-order valence-corrected chi connectivity index (χ2v) is 5.75. The summed E-state index contributed by atoms with van der Waals surface area (Å²) in [5.74, 6) is -1.31. The minimum Gasteiger partial charge on any atom is -0.487 e. The molecule has 0 spiro atoms. The first-order chi connectivity index (χ1) is 12.6. The normalized spacial score (nSPS) is 13.0. The third-order valence-electron chi connectivity index (χ3n) is 4.10. The number of nitrogens with zero attached hydrogens (tertiary/aromatic N) is 2. The number of aromatic nitrogens is 1. The van der Waals surface area contributed by atoms with E-state index < -0.39 is 17.6 Å². The molecular weight excluding hydrogens is 335 g/mol. The Morgan fingerprint density at radius 1 is 0.923 bits per heavy atom. The molecule has 26 heavy (non-hydrogen) atoms. The van der Waals surface area contributed by atoms with E-state index in [1.54, 1.807) is 48.8 Å². The zero-order valence-corrected chi connectivity index (χ0v) is 13.6. The summed E-state index contributed by atoms with van der Waals surface area (Å²) in [7, 11) is 0. The molecule has 2 amide bonds. The van der Waals surface area contributed by atoms with Crippen LogP contribution in [0.4, 0.5) is 10.1 Å². The molecule has 0 unspecified atom stereocenters. The van der Waals surface area contributed by atoms with Crippen molar-refractivity contribution in [2.75, 3.05) is 4.90 Å². The van der Waals surface area contributed by atoms with Gasteiger partial charge in [-0.1, -0.05) is 12.1 Å². The summed E-state index contributed by atoms with van der Waals surface area (Å²) < 4.78 is 19.6. The number of hydrogen-bond acceptors (Lipinski definition) is 4. The number of halogens is 1. The SMILES string of the molecule is O=C1c2ccccc2C(=O)N1c1cc(F)ccc1OCc1ccncc1. The third-order valence-corrected chi connectivity index (χ3v) is 4.10. The first-order valence-electron chi connectivity index (χ1n) is 7.94. The molecule has 0 atom stereocenters. The van der Waals surface area contributed by atoms with Crippen LogP contribution in [0.25, 0.3) is 0 Å². The number of rotatable bonds is 4. The van der Waals surface area contributed by atoms with Crippen LogP contribution < -0.4 is 9.64 Å². The second-order valence-electron chi connectivity index (χ2n) is 5.75. The average Bonchev–Trinajstić information content (AvgIpc) is 2.92. The lowest BCUT2D eigenvalue weighted by Gasteiger charge is -2.18. The molecule has 3 aromatic rings. The Morgan fingerprint density at radius 2 is 1.58 bits per heavy atom. The van der Waals surface area contributed by atoms with Gasteiger partial charge in [-0.2, -0.15) is 0 Å². The maximum absolute atomic E-state index is 13.8. The van der Waals surface area contributed by atoms with Gasteiger partial charge in [-0.25, -0.2) is 9.29 Å². The first-order valence-corrected chi connectivity index (χ1v) is 7.94. The van der Waals surface area contributed by atoms with Crippen molar-refractivity contribution >= 4 is 17.5 Å². The lowest BCUT2D eigenvalue weighted by Crippen LogP contribution is -2.30. The van der Waals surface area contributed by atoms with Crippen molar-refractivity contribution in [2.45, 2.75) is 6.61 Å². The van der Waals surface area contributed by atoms with Crippen molar-refractivity contribution in [3.05, 3.63) is 89.5 Å². The van der Waals surface area contributed by atoms with Gasteiger partial charge in [0.25, 0.3) is 11.8 Å². The fraction of sp³-hybridized carbons (Fsp3) is 0.0500. The molecule has 1 aliphatic rings. The van der Waals surface area contributed by atoms with Crippen molar-refractivity contribution in [3.8, 4) is 5.75 Å². The van der Waals surface area contributed by atoms with Crippen LogP contribution in [0.3, 0.4) is 0 Å². The molecule has 0 saturated carbocycles. The van der Waals surface area contributed by atoms with E-state index in [1.807, 2.05) is 0 Å². The highest BCUT2D eigenvalue weighted by molar-refractivity contribution is 6.34. The Hall–Kier alpha value is -3.54. The van der Waals surface area contributed by atoms with E-state index in [0.29, 0.717) is 11.1 Å². The summed E-state index contributed by atoms with van der Waals surface area (Å²) in [5.41, 5.74) is 1.53. The number of carbonyl (C=O) groups excluding carboxylic acids is 2. The molecule has 0 N–H and O–H groups in total. The van der Waals surface area contributed by atoms with Crippen molar-refractivity contribution < 1.29 is 18.7 Å². The molecule has 128 valence electrons. The minimum atomic E-state index is -0.562. The first kappa shape index (κ1) is 16.0. The van der Waals surface area contributed by atoms with E-state index in [2.05, 4.69) is 4.98 Å². The molecule has 1 aliphatic heterocycles. The van der Waals surface area contributed by atoms with Gasteiger partial charge in [0.05, 0.1) is 16.8 Å². The quantitative estimate of drug-likeness (QED) is 0.676. The number of amides is 2. The van der Waals surface area contributed by atoms with E-state index >= 15 is 0 Å². The molecule has 5 nitrogen and oxygen atoms in total. The van der Waals surface area contributed by atoms with E-state index in [0.717, 1.165) is 16.5 Å². The fourth-order valence-corrected chi connectivity index (χ4v) is 2.84. The monoisotopic (exact) mass is 348 g/mol. The molecule has 0 fully saturated rings. The van der Waals surface area contributed by atoms with Crippen molar-refractivity contribution in [3.63, 3.8) is 0 Å². The summed E-state index contributed by atoms with van der Waals surface area (Å²) in [4.78, 5) is 30.2. The van der Waals surface area contributed by atoms with Gasteiger partial charge >= 0.3 is 0 Å². The van der Waals surface area contributed by atoms with E-state index in [9.17, 15) is 14.0 Å². The molecule has 0 aliphatic carbocycles. The minimum absolute atomic E-state index is 0.0882. The van der Waals surface area contributed by atoms with E-state index in [1.165, 1.54) is 12.1 Å². The van der Waals surface area contributed by atoms with Crippen LogP contribution in [0.2, 0.25) is 0 Å². The predicted molar refractivity (Wildman–Crippen MR) is 92.6 cm³/mol. The Labute approximate surface area is 148 Å². The van der Waals surface area contributed by atoms with Gasteiger partial charge in [-0.15, -0.1) is 0 Å². The zero-order valence-electron chi connectivity index (χ0n) is 13.6. The highest BCUT2D eigenvalue weighted by Gasteiger charge is 2.38. The molecule has 1 aromatic heterocycles. The van der Waals surface area contributed by atoms with Gasteiger partial charge in [0.2, 0.25) is 0 Å². The standard InChI is InChI=1S/C20H13FN2O3/c21-14-5-6-18(26-12-13-7-9-22-10-8-13)17(11-14)23-19(24)15-3-1-2-4-16(15)20(23)25/h1-11H,12H2. The molecule has 4 rings (SSSR count). The lowest BCUT2D eigenvalue weighted by molar-refractivity contribution is 0.0924. The third kappa shape index (κ3) is 2.71. The summed E-state index contributed by atoms with van der Waals surface area (Å²) in [6, 6.07) is 13.8. The molecule has 0 bridgehead atoms. The Morgan fingerprint density at radius 3 is 2.23 bits per heavy atom. The largest absolute Gasteiger partial charge is 0.487 e. The highest BCUT2D eigenvalue weighted by atomic mass is 19.1. The number of anilines is 1. The number of carbonyl (C=O) groups is 2. The fourth-order valence-electron chi connectivity index (χ4n) is 2.84. The van der Waals surface area contributed by atoms with Gasteiger partial charge in [-0.3, -0.25) is 14.6 Å². The number of fused-ring (bicyclic) bond motifs is 1. The average molecular weight is 348 g/mol. The number of ether oxygens (including phenoxy) is 1. The van der Waals surface area contributed by atoms with Crippen molar-refractivity contribution in [2.24, 2.45) is 0 Å². The summed E-state index contributed by atoms with van der Waals surface area (Å²) in [6.45, 7) is 0.199. The number of imide groups is 1. The van der Waals surface area contributed by atoms with E-state index in [-0.39, 0.29) is 18.0 Å². The van der Waals surface area contributed by atoms with Crippen LogP contribution in [0.5, 0.6) is 5.75 Å². The van der Waals surface area contributed by atoms with Crippen LogP contribution in [-0.4, -0.2) is 16.8 Å². The molecular formula is C20H13FN2O3. The van der Waals surface area contributed by atoms with Crippen molar-refractivity contribution in [1.82, 2.24) is 4.98 Å². The predicted octanol–water partition coefficient (Wildman–Crippen LogP) is 3.60. The van der Waals surface area contributed by atoms with Gasteiger partial charge in [0.1, 0.15) is 18.2 Å². The van der Waals surface area contributed by atoms with Crippen LogP contribution in [-0.2, 0) is 6.61 Å². The molecule has 0 radical (unpaired) electrons. The Bertz CT molecular complexity index is 970. The number of pyridine rings is 1. The van der Waals surface area contributed by atoms with Crippen LogP contribution in [0, 0.1) is 5.82 Å². The summed E-state index contributed by atoms with van der Waals surface area (Å²) in [5, 5.41) is 0. The van der Waals surface area contributed by atoms with Gasteiger partial charge < -0.3 is 4.74 Å². The number of benzene rings is 2. The molecule has 2 heterocycles. The Kier molecular flexibility index (Phi) is 3.93. The second kappa shape index (κ2) is 6.40. The van der Waals surface area contributed by atoms with E-state index in [4.69, 9.17) is 4.74 Å². The maximum atomic E-state index is 13.8. The number of hydrogen-bond donors (Lipinski definition) is 0. The Balaban J connectivity index is 1.70.